The van der Waals surface area contributed by atoms with Crippen molar-refractivity contribution in [2.24, 2.45) is 9.98 Å². The van der Waals surface area contributed by atoms with Gasteiger partial charge < -0.3 is 0 Å². The molecule has 0 N–H and O–H groups in total. The molecule has 0 saturated carbocycles. The van der Waals surface area contributed by atoms with Crippen LogP contribution in [-0.4, -0.2) is 11.4 Å². The largest absolute Gasteiger partial charge is 0.252 e. The first kappa shape index (κ1) is 44.3. The Morgan fingerprint density at radius 1 is 0.333 bits per heavy atom. The molecular formula is C45H74N2Ni. The molecule has 0 heterocycles. The summed E-state index contributed by atoms with van der Waals surface area (Å²) in [7, 11) is 0. The van der Waals surface area contributed by atoms with Crippen molar-refractivity contribution in [1.29, 1.82) is 0 Å². The van der Waals surface area contributed by atoms with Crippen LogP contribution in [0.4, 0.5) is 11.4 Å². The van der Waals surface area contributed by atoms with Gasteiger partial charge in [-0.3, -0.25) is 9.98 Å². The minimum Gasteiger partial charge on any atom is -0.252 e. The summed E-state index contributed by atoms with van der Waals surface area (Å²) >= 11 is 0. The van der Waals surface area contributed by atoms with Gasteiger partial charge in [-0.05, 0) is 49.9 Å². The fraction of sp³-hybridized carbons (Fsp3) is 0.689. The van der Waals surface area contributed by atoms with E-state index in [1.165, 1.54) is 185 Å². The summed E-state index contributed by atoms with van der Waals surface area (Å²) in [6, 6.07) is 21.0. The number of rotatable bonds is 32. The molecule has 0 amide bonds. The van der Waals surface area contributed by atoms with Crippen LogP contribution >= 0.6 is 0 Å². The third-order valence-corrected chi connectivity index (χ3v) is 9.66. The molecule has 2 rings (SSSR count). The van der Waals surface area contributed by atoms with Crippen LogP contribution < -0.4 is 0 Å². The van der Waals surface area contributed by atoms with E-state index in [-0.39, 0.29) is 16.5 Å². The van der Waals surface area contributed by atoms with Crippen LogP contribution in [0, 0.1) is 0 Å². The van der Waals surface area contributed by atoms with Crippen molar-refractivity contribution in [3.63, 3.8) is 0 Å². The molecule has 0 unspecified atom stereocenters. The van der Waals surface area contributed by atoms with Crippen LogP contribution in [0.1, 0.15) is 200 Å². The van der Waals surface area contributed by atoms with Crippen molar-refractivity contribution in [2.75, 3.05) is 0 Å². The van der Waals surface area contributed by atoms with Gasteiger partial charge in [0.2, 0.25) is 0 Å². The zero-order chi connectivity index (χ0) is 33.3. The number of benzene rings is 2. The first-order chi connectivity index (χ1) is 23.3. The van der Waals surface area contributed by atoms with Crippen molar-refractivity contribution < 1.29 is 16.5 Å². The second-order valence-corrected chi connectivity index (χ2v) is 14.1. The maximum absolute atomic E-state index is 5.19. The van der Waals surface area contributed by atoms with Crippen LogP contribution in [0.15, 0.2) is 70.6 Å². The maximum Gasteiger partial charge on any atom is 0.0633 e. The first-order valence-electron chi connectivity index (χ1n) is 20.6. The molecule has 0 bridgehead atoms. The van der Waals surface area contributed by atoms with Crippen molar-refractivity contribution in [3.05, 3.63) is 60.7 Å². The van der Waals surface area contributed by atoms with E-state index in [9.17, 15) is 0 Å². The van der Waals surface area contributed by atoms with Crippen molar-refractivity contribution in [2.45, 2.75) is 200 Å². The summed E-state index contributed by atoms with van der Waals surface area (Å²) in [6.07, 6.45) is 39.7. The van der Waals surface area contributed by atoms with E-state index in [0.29, 0.717) is 0 Å². The Morgan fingerprint density at radius 3 is 0.812 bits per heavy atom. The molecule has 0 aliphatic carbocycles. The van der Waals surface area contributed by atoms with Crippen LogP contribution in [0.2, 0.25) is 0 Å². The van der Waals surface area contributed by atoms with Crippen LogP contribution in [0.5, 0.6) is 0 Å². The van der Waals surface area contributed by atoms with E-state index < -0.39 is 0 Å². The molecule has 2 aromatic carbocycles. The van der Waals surface area contributed by atoms with Gasteiger partial charge in [0.05, 0.1) is 22.8 Å². The fourth-order valence-electron chi connectivity index (χ4n) is 6.64. The number of para-hydroxylation sites is 2. The Hall–Kier alpha value is -1.73. The summed E-state index contributed by atoms with van der Waals surface area (Å²) in [5.41, 5.74) is 4.50. The SMILES string of the molecule is CCCCCCCCCCCCCCCCCCCCCCCC(=N\c1ccccc1)/C(CCCCCCCC)=N/c1ccccc1.[Ni]. The van der Waals surface area contributed by atoms with E-state index in [2.05, 4.69) is 74.5 Å². The molecular weight excluding hydrogens is 627 g/mol. The Labute approximate surface area is 308 Å². The molecule has 0 aliphatic heterocycles. The molecule has 0 saturated heterocycles. The molecule has 274 valence electrons. The Morgan fingerprint density at radius 2 is 0.562 bits per heavy atom. The molecule has 48 heavy (non-hydrogen) atoms. The zero-order valence-corrected chi connectivity index (χ0v) is 32.5. The molecule has 0 fully saturated rings. The van der Waals surface area contributed by atoms with E-state index in [4.69, 9.17) is 9.98 Å². The summed E-state index contributed by atoms with van der Waals surface area (Å²) < 4.78 is 0. The van der Waals surface area contributed by atoms with Gasteiger partial charge in [-0.25, -0.2) is 0 Å². The van der Waals surface area contributed by atoms with E-state index in [1.807, 2.05) is 0 Å². The third kappa shape index (κ3) is 25.3. The van der Waals surface area contributed by atoms with Gasteiger partial charge in [-0.1, -0.05) is 211 Å². The van der Waals surface area contributed by atoms with Gasteiger partial charge in [-0.15, -0.1) is 0 Å². The predicted octanol–water partition coefficient (Wildman–Crippen LogP) is 15.9. The minimum absolute atomic E-state index is 0. The molecule has 0 spiro atoms. The van der Waals surface area contributed by atoms with E-state index in [0.717, 1.165) is 24.2 Å². The molecule has 0 atom stereocenters. The molecule has 0 aliphatic rings. The Bertz CT molecular complexity index is 1000. The van der Waals surface area contributed by atoms with E-state index >= 15 is 0 Å². The normalized spacial score (nSPS) is 12.0. The minimum atomic E-state index is 0. The van der Waals surface area contributed by atoms with Gasteiger partial charge in [-0.2, -0.15) is 0 Å². The van der Waals surface area contributed by atoms with Gasteiger partial charge in [0.15, 0.2) is 0 Å². The smallest absolute Gasteiger partial charge is 0.0633 e. The Balaban J connectivity index is 0.0000115. The topological polar surface area (TPSA) is 24.7 Å². The predicted molar refractivity (Wildman–Crippen MR) is 212 cm³/mol. The number of unbranched alkanes of at least 4 members (excludes halogenated alkanes) is 25. The van der Waals surface area contributed by atoms with Gasteiger partial charge in [0, 0.05) is 16.5 Å². The van der Waals surface area contributed by atoms with Gasteiger partial charge >= 0.3 is 0 Å². The van der Waals surface area contributed by atoms with Crippen LogP contribution in [-0.2, 0) is 16.5 Å². The standard InChI is InChI=1S/C45H74N2.Ni/c1-3-5-7-9-11-12-13-14-15-16-17-18-19-20-21-22-23-24-25-27-35-41-45(47-43-38-32-29-33-39-43)44(40-34-26-10-8-6-4-2)46-42-36-30-28-31-37-42;/h28-33,36-39H,3-27,34-35,40-41H2,1-2H3;/b46-44+,47-45+;. The second kappa shape index (κ2) is 33.8. The Kier molecular flexibility index (Phi) is 31.2. The number of hydrogen-bond donors (Lipinski definition) is 0. The second-order valence-electron chi connectivity index (χ2n) is 14.1. The summed E-state index contributed by atoms with van der Waals surface area (Å²) in [5.74, 6) is 0. The molecule has 3 heteroatoms. The average molecular weight is 702 g/mol. The van der Waals surface area contributed by atoms with Crippen LogP contribution in [0.3, 0.4) is 0 Å². The fourth-order valence-corrected chi connectivity index (χ4v) is 6.64. The van der Waals surface area contributed by atoms with E-state index in [1.54, 1.807) is 0 Å². The van der Waals surface area contributed by atoms with Crippen LogP contribution in [0.25, 0.3) is 0 Å². The monoisotopic (exact) mass is 701 g/mol. The molecule has 0 radical (unpaired) electrons. The first-order valence-corrected chi connectivity index (χ1v) is 20.6. The molecule has 2 aromatic rings. The van der Waals surface area contributed by atoms with Gasteiger partial charge in [0.1, 0.15) is 0 Å². The van der Waals surface area contributed by atoms with Crippen molar-refractivity contribution >= 4 is 22.8 Å². The summed E-state index contributed by atoms with van der Waals surface area (Å²) in [6.45, 7) is 4.59. The third-order valence-electron chi connectivity index (χ3n) is 9.66. The summed E-state index contributed by atoms with van der Waals surface area (Å²) in [5, 5.41) is 0. The summed E-state index contributed by atoms with van der Waals surface area (Å²) in [4.78, 5) is 10.4. The van der Waals surface area contributed by atoms with Crippen molar-refractivity contribution in [3.8, 4) is 0 Å². The molecule has 0 aromatic heterocycles. The molecule has 2 nitrogen and oxygen atoms in total. The van der Waals surface area contributed by atoms with Crippen molar-refractivity contribution in [1.82, 2.24) is 0 Å². The number of aliphatic imine (C=N–C) groups is 2. The van der Waals surface area contributed by atoms with Gasteiger partial charge in [0.25, 0.3) is 0 Å². The average Bonchev–Trinajstić information content (AvgIpc) is 3.10. The number of nitrogens with zero attached hydrogens (tertiary/aromatic N) is 2. The zero-order valence-electron chi connectivity index (χ0n) is 31.5. The number of hydrogen-bond acceptors (Lipinski definition) is 2. The quantitative estimate of drug-likeness (QED) is 0.0412. The maximum atomic E-state index is 5.19.